The lowest BCUT2D eigenvalue weighted by molar-refractivity contribution is 0.578. The van der Waals surface area contributed by atoms with Gasteiger partial charge in [-0.15, -0.1) is 0 Å². The van der Waals surface area contributed by atoms with Gasteiger partial charge < -0.3 is 10.2 Å². The second kappa shape index (κ2) is 6.27. The van der Waals surface area contributed by atoms with Crippen molar-refractivity contribution in [2.75, 3.05) is 24.3 Å². The highest BCUT2D eigenvalue weighted by Gasteiger charge is 2.01. The minimum Gasteiger partial charge on any atom is -0.379 e. The highest BCUT2D eigenvalue weighted by molar-refractivity contribution is 5.54. The quantitative estimate of drug-likeness (QED) is 0.864. The number of nitrogens with one attached hydrogen (secondary N) is 1. The Morgan fingerprint density at radius 2 is 1.89 bits per heavy atom. The molecule has 2 aromatic rings. The molecule has 0 fully saturated rings. The minimum atomic E-state index is 0.807. The van der Waals surface area contributed by atoms with E-state index in [-0.39, 0.29) is 0 Å². The van der Waals surface area contributed by atoms with Crippen LogP contribution < -0.4 is 10.2 Å². The van der Waals surface area contributed by atoms with Crippen LogP contribution >= 0.6 is 0 Å². The molecule has 0 amide bonds. The Balaban J connectivity index is 1.96. The molecule has 0 aliphatic heterocycles. The van der Waals surface area contributed by atoms with Crippen molar-refractivity contribution in [3.05, 3.63) is 42.2 Å². The topological polar surface area (TPSA) is 33.1 Å². The van der Waals surface area contributed by atoms with E-state index in [0.717, 1.165) is 25.2 Å². The van der Waals surface area contributed by atoms with Gasteiger partial charge in [-0.1, -0.05) is 6.92 Å². The maximum absolute atomic E-state index is 4.33. The van der Waals surface area contributed by atoms with Crippen molar-refractivity contribution in [2.45, 2.75) is 26.4 Å². The Kier molecular flexibility index (Phi) is 4.44. The van der Waals surface area contributed by atoms with E-state index in [0.29, 0.717) is 0 Å². The lowest BCUT2D eigenvalue weighted by Crippen LogP contribution is -2.10. The van der Waals surface area contributed by atoms with Gasteiger partial charge in [0, 0.05) is 38.2 Å². The molecule has 19 heavy (non-hydrogen) atoms. The Hall–Kier alpha value is -1.97. The molecule has 0 atom stereocenters. The van der Waals surface area contributed by atoms with Crippen LogP contribution in [0.5, 0.6) is 0 Å². The van der Waals surface area contributed by atoms with Crippen molar-refractivity contribution in [1.82, 2.24) is 9.78 Å². The molecule has 1 heterocycles. The second-order valence-electron chi connectivity index (χ2n) is 4.84. The first-order chi connectivity index (χ1) is 9.20. The number of hydrogen-bond acceptors (Lipinski definition) is 3. The lowest BCUT2D eigenvalue weighted by Gasteiger charge is -2.13. The summed E-state index contributed by atoms with van der Waals surface area (Å²) in [4.78, 5) is 2.10. The molecule has 0 unspecified atom stereocenters. The Morgan fingerprint density at radius 3 is 2.53 bits per heavy atom. The summed E-state index contributed by atoms with van der Waals surface area (Å²) in [6, 6.07) is 10.5. The molecule has 4 nitrogen and oxygen atoms in total. The Labute approximate surface area is 115 Å². The summed E-state index contributed by atoms with van der Waals surface area (Å²) in [5.74, 6) is 0. The average molecular weight is 258 g/mol. The number of hydrogen-bond donors (Lipinski definition) is 1. The summed E-state index contributed by atoms with van der Waals surface area (Å²) in [5.41, 5.74) is 3.56. The van der Waals surface area contributed by atoms with Crippen molar-refractivity contribution in [2.24, 2.45) is 0 Å². The van der Waals surface area contributed by atoms with Gasteiger partial charge in [0.05, 0.1) is 12.2 Å². The number of aromatic nitrogens is 2. The summed E-state index contributed by atoms with van der Waals surface area (Å²) in [5, 5.41) is 7.76. The first-order valence-corrected chi connectivity index (χ1v) is 6.72. The maximum atomic E-state index is 4.33. The average Bonchev–Trinajstić information content (AvgIpc) is 2.85. The number of anilines is 2. The predicted octanol–water partition coefficient (Wildman–Crippen LogP) is 2.97. The van der Waals surface area contributed by atoms with E-state index < -0.39 is 0 Å². The highest BCUT2D eigenvalue weighted by Crippen LogP contribution is 2.16. The fourth-order valence-electron chi connectivity index (χ4n) is 1.99. The third-order valence-corrected chi connectivity index (χ3v) is 3.10. The van der Waals surface area contributed by atoms with Crippen molar-refractivity contribution in [3.63, 3.8) is 0 Å². The number of benzene rings is 1. The number of nitrogens with zero attached hydrogens (tertiary/aromatic N) is 3. The minimum absolute atomic E-state index is 0.807. The van der Waals surface area contributed by atoms with Crippen LogP contribution in [0.3, 0.4) is 0 Å². The molecular weight excluding hydrogens is 236 g/mol. The molecule has 1 N–H and O–H groups in total. The van der Waals surface area contributed by atoms with E-state index in [1.54, 1.807) is 0 Å². The van der Waals surface area contributed by atoms with Crippen LogP contribution in [0.1, 0.15) is 19.0 Å². The third-order valence-electron chi connectivity index (χ3n) is 3.10. The van der Waals surface area contributed by atoms with E-state index >= 15 is 0 Å². The Morgan fingerprint density at radius 1 is 1.16 bits per heavy atom. The second-order valence-corrected chi connectivity index (χ2v) is 4.84. The highest BCUT2D eigenvalue weighted by atomic mass is 15.3. The fourth-order valence-corrected chi connectivity index (χ4v) is 1.99. The van der Waals surface area contributed by atoms with Crippen molar-refractivity contribution in [1.29, 1.82) is 0 Å². The van der Waals surface area contributed by atoms with Crippen LogP contribution in [0, 0.1) is 0 Å². The summed E-state index contributed by atoms with van der Waals surface area (Å²) < 4.78 is 2.06. The molecule has 0 saturated carbocycles. The van der Waals surface area contributed by atoms with Gasteiger partial charge in [-0.2, -0.15) is 5.10 Å². The zero-order valence-electron chi connectivity index (χ0n) is 11.9. The van der Waals surface area contributed by atoms with Gasteiger partial charge in [0.1, 0.15) is 0 Å². The smallest absolute Gasteiger partial charge is 0.0575 e. The van der Waals surface area contributed by atoms with Crippen LogP contribution in [-0.4, -0.2) is 23.9 Å². The zero-order chi connectivity index (χ0) is 13.7. The molecule has 0 bridgehead atoms. The molecule has 4 heteroatoms. The molecule has 0 aliphatic carbocycles. The van der Waals surface area contributed by atoms with E-state index in [4.69, 9.17) is 0 Å². The Bertz CT molecular complexity index is 499. The normalized spacial score (nSPS) is 10.5. The summed E-state index contributed by atoms with van der Waals surface area (Å²) in [6.45, 7) is 3.95. The van der Waals surface area contributed by atoms with Crippen LogP contribution in [0.25, 0.3) is 0 Å². The summed E-state index contributed by atoms with van der Waals surface area (Å²) >= 11 is 0. The predicted molar refractivity (Wildman–Crippen MR) is 80.6 cm³/mol. The van der Waals surface area contributed by atoms with Crippen LogP contribution in [0.4, 0.5) is 11.4 Å². The van der Waals surface area contributed by atoms with E-state index in [1.807, 2.05) is 20.3 Å². The molecule has 0 saturated heterocycles. The molecule has 0 spiro atoms. The first-order valence-electron chi connectivity index (χ1n) is 6.72. The van der Waals surface area contributed by atoms with Gasteiger partial charge in [0.2, 0.25) is 0 Å². The van der Waals surface area contributed by atoms with Gasteiger partial charge in [-0.3, -0.25) is 4.68 Å². The van der Waals surface area contributed by atoms with Crippen LogP contribution in [0.15, 0.2) is 36.5 Å². The van der Waals surface area contributed by atoms with Gasteiger partial charge in [0.15, 0.2) is 0 Å². The number of rotatable bonds is 6. The maximum Gasteiger partial charge on any atom is 0.0575 e. The molecular formula is C15H22N4. The van der Waals surface area contributed by atoms with Gasteiger partial charge in [-0.25, -0.2) is 0 Å². The van der Waals surface area contributed by atoms with Gasteiger partial charge >= 0.3 is 0 Å². The first kappa shape index (κ1) is 13.5. The van der Waals surface area contributed by atoms with E-state index in [2.05, 4.69) is 57.3 Å². The molecule has 1 aromatic carbocycles. The van der Waals surface area contributed by atoms with Crippen LogP contribution in [-0.2, 0) is 13.1 Å². The lowest BCUT2D eigenvalue weighted by atomic mass is 10.2. The monoisotopic (exact) mass is 258 g/mol. The van der Waals surface area contributed by atoms with Crippen molar-refractivity contribution in [3.8, 4) is 0 Å². The van der Waals surface area contributed by atoms with Crippen molar-refractivity contribution >= 4 is 11.4 Å². The molecule has 0 radical (unpaired) electrons. The summed E-state index contributed by atoms with van der Waals surface area (Å²) in [7, 11) is 4.09. The van der Waals surface area contributed by atoms with Gasteiger partial charge in [0.25, 0.3) is 0 Å². The third kappa shape index (κ3) is 3.50. The SMILES string of the molecule is CCCn1nccc1CNc1ccc(N(C)C)cc1. The zero-order valence-corrected chi connectivity index (χ0v) is 11.9. The largest absolute Gasteiger partial charge is 0.379 e. The molecule has 0 aliphatic rings. The molecule has 102 valence electrons. The standard InChI is InChI=1S/C15H22N4/c1-4-11-19-15(9-10-17-19)12-16-13-5-7-14(8-6-13)18(2)3/h5-10,16H,4,11-12H2,1-3H3. The van der Waals surface area contributed by atoms with Crippen molar-refractivity contribution < 1.29 is 0 Å². The van der Waals surface area contributed by atoms with Gasteiger partial charge in [-0.05, 0) is 36.8 Å². The van der Waals surface area contributed by atoms with E-state index in [1.165, 1.54) is 11.4 Å². The summed E-state index contributed by atoms with van der Waals surface area (Å²) in [6.07, 6.45) is 2.97. The van der Waals surface area contributed by atoms with E-state index in [9.17, 15) is 0 Å². The molecule has 1 aromatic heterocycles. The fraction of sp³-hybridized carbons (Fsp3) is 0.400. The molecule has 2 rings (SSSR count). The van der Waals surface area contributed by atoms with Crippen LogP contribution in [0.2, 0.25) is 0 Å². The number of aryl methyl sites for hydroxylation is 1.